The van der Waals surface area contributed by atoms with Crippen molar-refractivity contribution in [3.8, 4) is 0 Å². The normalized spacial score (nSPS) is 13.0. The van der Waals surface area contributed by atoms with Crippen molar-refractivity contribution in [1.29, 1.82) is 0 Å². The van der Waals surface area contributed by atoms with Crippen LogP contribution in [0.25, 0.3) is 0 Å². The second-order valence-electron chi connectivity index (χ2n) is 22.0. The first-order chi connectivity index (χ1) is 35.1. The Hall–Kier alpha value is -2.49. The molecule has 0 heterocycles. The fourth-order valence-corrected chi connectivity index (χ4v) is 8.85. The number of carboxylic acid groups (broad SMARTS) is 1. The average Bonchev–Trinajstić information content (AvgIpc) is 3.35. The van der Waals surface area contributed by atoms with E-state index < -0.39 is 24.3 Å². The van der Waals surface area contributed by atoms with Crippen molar-refractivity contribution >= 4 is 17.9 Å². The van der Waals surface area contributed by atoms with Crippen molar-refractivity contribution in [2.45, 2.75) is 302 Å². The lowest BCUT2D eigenvalue weighted by Gasteiger charge is -2.25. The number of ether oxygens (including phenoxy) is 4. The molecule has 72 heavy (non-hydrogen) atoms. The second-order valence-corrected chi connectivity index (χ2v) is 22.0. The Morgan fingerprint density at radius 1 is 0.417 bits per heavy atom. The zero-order valence-corrected chi connectivity index (χ0v) is 48.1. The number of likely N-dealkylation sites (N-methyl/N-ethyl adjacent to an activating group) is 1. The van der Waals surface area contributed by atoms with Crippen molar-refractivity contribution in [3.05, 3.63) is 36.5 Å². The highest BCUT2D eigenvalue weighted by atomic mass is 16.7. The van der Waals surface area contributed by atoms with E-state index in [0.29, 0.717) is 23.9 Å². The molecule has 2 unspecified atom stereocenters. The van der Waals surface area contributed by atoms with Crippen LogP contribution in [0.2, 0.25) is 0 Å². The maximum atomic E-state index is 12.8. The number of carbonyl (C=O) groups is 3. The number of allylic oxidation sites excluding steroid dienone is 6. The smallest absolute Gasteiger partial charge is 0.361 e. The first kappa shape index (κ1) is 69.5. The largest absolute Gasteiger partial charge is 0.477 e. The Balaban J connectivity index is 4.02. The number of carboxylic acids is 1. The number of unbranched alkanes of at least 4 members (excludes halogenated alkanes) is 36. The van der Waals surface area contributed by atoms with Gasteiger partial charge in [0.05, 0.1) is 34.4 Å². The summed E-state index contributed by atoms with van der Waals surface area (Å²) in [4.78, 5) is 37.4. The van der Waals surface area contributed by atoms with Crippen molar-refractivity contribution in [3.63, 3.8) is 0 Å². The molecule has 0 amide bonds. The number of carbonyl (C=O) groups excluding carboxylic acids is 2. The SMILES string of the molecule is CCCC/C=C\C/C=C\CCCCCCCC(=O)OC(COC(=O)CCCCCCCCCCCCCCCCCCCCCCC/C=C\CCCCCCCCCC)COC(OCC[N+](C)(C)C)C(=O)O. The Morgan fingerprint density at radius 2 is 0.764 bits per heavy atom. The van der Waals surface area contributed by atoms with Gasteiger partial charge < -0.3 is 28.5 Å². The monoisotopic (exact) mass is 1020 g/mol. The number of quaternary nitrogens is 1. The summed E-state index contributed by atoms with van der Waals surface area (Å²) in [6.07, 6.45) is 64.0. The van der Waals surface area contributed by atoms with Crippen molar-refractivity contribution < 1.29 is 42.9 Å². The van der Waals surface area contributed by atoms with Gasteiger partial charge in [-0.1, -0.05) is 249 Å². The molecular formula is C63H118NO8+. The Bertz CT molecular complexity index is 1270. The minimum Gasteiger partial charge on any atom is -0.477 e. The van der Waals surface area contributed by atoms with Crippen LogP contribution in [-0.2, 0) is 33.3 Å². The van der Waals surface area contributed by atoms with Gasteiger partial charge in [0.2, 0.25) is 0 Å². The number of nitrogens with zero attached hydrogens (tertiary/aromatic N) is 1. The van der Waals surface area contributed by atoms with E-state index in [1.807, 2.05) is 21.1 Å². The minimum absolute atomic E-state index is 0.184. The molecule has 9 nitrogen and oxygen atoms in total. The third-order valence-electron chi connectivity index (χ3n) is 13.6. The molecule has 0 spiro atoms. The second kappa shape index (κ2) is 54.8. The highest BCUT2D eigenvalue weighted by Gasteiger charge is 2.25. The molecule has 9 heteroatoms. The van der Waals surface area contributed by atoms with Gasteiger partial charge >= 0.3 is 17.9 Å². The topological polar surface area (TPSA) is 108 Å². The Kier molecular flexibility index (Phi) is 52.9. The van der Waals surface area contributed by atoms with Gasteiger partial charge in [0, 0.05) is 12.8 Å². The van der Waals surface area contributed by atoms with Crippen LogP contribution in [0.1, 0.15) is 290 Å². The van der Waals surface area contributed by atoms with E-state index in [0.717, 1.165) is 64.2 Å². The number of hydrogen-bond acceptors (Lipinski definition) is 7. The molecule has 0 aromatic heterocycles. The van der Waals surface area contributed by atoms with Gasteiger partial charge in [-0.3, -0.25) is 9.59 Å². The summed E-state index contributed by atoms with van der Waals surface area (Å²) in [5.74, 6) is -2.01. The molecule has 0 saturated heterocycles. The van der Waals surface area contributed by atoms with Gasteiger partial charge in [-0.05, 0) is 64.2 Å². The minimum atomic E-state index is -1.51. The summed E-state index contributed by atoms with van der Waals surface area (Å²) in [6.45, 7) is 4.85. The quantitative estimate of drug-likeness (QED) is 0.0211. The van der Waals surface area contributed by atoms with Crippen molar-refractivity contribution in [1.82, 2.24) is 0 Å². The predicted molar refractivity (Wildman–Crippen MR) is 304 cm³/mol. The molecule has 0 fully saturated rings. The summed E-state index contributed by atoms with van der Waals surface area (Å²) in [6, 6.07) is 0. The molecule has 0 saturated carbocycles. The van der Waals surface area contributed by atoms with Crippen molar-refractivity contribution in [2.75, 3.05) is 47.5 Å². The molecule has 0 aliphatic heterocycles. The molecule has 0 aromatic carbocycles. The van der Waals surface area contributed by atoms with Crippen LogP contribution in [0, 0.1) is 0 Å². The van der Waals surface area contributed by atoms with Crippen LogP contribution in [0.5, 0.6) is 0 Å². The van der Waals surface area contributed by atoms with Gasteiger partial charge in [-0.2, -0.15) is 0 Å². The van der Waals surface area contributed by atoms with Gasteiger partial charge in [0.15, 0.2) is 6.10 Å². The molecule has 0 aliphatic rings. The highest BCUT2D eigenvalue weighted by Crippen LogP contribution is 2.17. The Labute approximate surface area is 445 Å². The molecule has 422 valence electrons. The lowest BCUT2D eigenvalue weighted by atomic mass is 10.0. The van der Waals surface area contributed by atoms with Gasteiger partial charge in [-0.25, -0.2) is 4.79 Å². The van der Waals surface area contributed by atoms with E-state index in [1.54, 1.807) is 0 Å². The first-order valence-corrected chi connectivity index (χ1v) is 30.7. The fourth-order valence-electron chi connectivity index (χ4n) is 8.85. The average molecular weight is 1020 g/mol. The summed E-state index contributed by atoms with van der Waals surface area (Å²) in [5, 5.41) is 9.69. The van der Waals surface area contributed by atoms with Gasteiger partial charge in [0.1, 0.15) is 13.2 Å². The first-order valence-electron chi connectivity index (χ1n) is 30.7. The fraction of sp³-hybridized carbons (Fsp3) is 0.857. The zero-order chi connectivity index (χ0) is 52.7. The third kappa shape index (κ3) is 55.3. The third-order valence-corrected chi connectivity index (χ3v) is 13.6. The highest BCUT2D eigenvalue weighted by molar-refractivity contribution is 5.71. The standard InChI is InChI=1S/C63H117NO8/c1-6-8-10-12-14-16-18-20-22-23-24-25-26-27-28-29-30-31-32-33-34-35-36-37-38-39-40-42-43-45-47-49-51-53-60(65)70-57-59(58-71-63(62(67)68)69-56-55-64(3,4)5)72-61(66)54-52-50-48-46-44-41-21-19-17-15-13-11-9-7-2/h13,15,19,21,23-24,59,63H,6-12,14,16-18,20,22,25-58H2,1-5H3/p+1/b15-13-,21-19-,24-23-. The maximum Gasteiger partial charge on any atom is 0.361 e. The predicted octanol–water partition coefficient (Wildman–Crippen LogP) is 18.1. The lowest BCUT2D eigenvalue weighted by Crippen LogP contribution is -2.40. The number of hydrogen-bond donors (Lipinski definition) is 1. The van der Waals surface area contributed by atoms with Crippen LogP contribution in [0.4, 0.5) is 0 Å². The molecular weight excluding hydrogens is 899 g/mol. The molecule has 0 rings (SSSR count). The van der Waals surface area contributed by atoms with E-state index in [1.165, 1.54) is 193 Å². The molecule has 1 N–H and O–H groups in total. The summed E-state index contributed by atoms with van der Waals surface area (Å²) < 4.78 is 22.8. The summed E-state index contributed by atoms with van der Waals surface area (Å²) >= 11 is 0. The van der Waals surface area contributed by atoms with Crippen LogP contribution in [0.3, 0.4) is 0 Å². The van der Waals surface area contributed by atoms with E-state index in [9.17, 15) is 19.5 Å². The van der Waals surface area contributed by atoms with Gasteiger partial charge in [-0.15, -0.1) is 0 Å². The molecule has 0 radical (unpaired) electrons. The lowest BCUT2D eigenvalue weighted by molar-refractivity contribution is -0.870. The van der Waals surface area contributed by atoms with Crippen LogP contribution >= 0.6 is 0 Å². The van der Waals surface area contributed by atoms with E-state index in [-0.39, 0.29) is 32.2 Å². The molecule has 0 aromatic rings. The molecule has 0 bridgehead atoms. The van der Waals surface area contributed by atoms with E-state index in [4.69, 9.17) is 18.9 Å². The number of esters is 2. The van der Waals surface area contributed by atoms with Crippen molar-refractivity contribution in [2.24, 2.45) is 0 Å². The Morgan fingerprint density at radius 3 is 1.15 bits per heavy atom. The number of rotatable bonds is 57. The van der Waals surface area contributed by atoms with Crippen LogP contribution in [-0.4, -0.2) is 87.4 Å². The van der Waals surface area contributed by atoms with E-state index in [2.05, 4.69) is 50.3 Å². The van der Waals surface area contributed by atoms with E-state index >= 15 is 0 Å². The summed E-state index contributed by atoms with van der Waals surface area (Å²) in [5.41, 5.74) is 0. The van der Waals surface area contributed by atoms with Crippen LogP contribution < -0.4 is 0 Å². The molecule has 0 aliphatic carbocycles. The number of aliphatic carboxylic acids is 1. The zero-order valence-electron chi connectivity index (χ0n) is 48.1. The molecule has 2 atom stereocenters. The summed E-state index contributed by atoms with van der Waals surface area (Å²) in [7, 11) is 5.97. The van der Waals surface area contributed by atoms with Crippen LogP contribution in [0.15, 0.2) is 36.5 Å². The van der Waals surface area contributed by atoms with Gasteiger partial charge in [0.25, 0.3) is 6.29 Å². The maximum absolute atomic E-state index is 12.8.